The zero-order valence-electron chi connectivity index (χ0n) is 17.1. The Morgan fingerprint density at radius 2 is 1.79 bits per heavy atom. The largest absolute Gasteiger partial charge is 0.490 e. The maximum Gasteiger partial charge on any atom is 0.247 e. The molecule has 1 fully saturated rings. The number of amides is 1. The lowest BCUT2D eigenvalue weighted by molar-refractivity contribution is -0.116. The molecule has 2 aromatic rings. The number of benzene rings is 2. The fourth-order valence-corrected chi connectivity index (χ4v) is 4.80. The summed E-state index contributed by atoms with van der Waals surface area (Å²) in [6, 6.07) is 13.4. The number of ether oxygens (including phenoxy) is 1. The second kappa shape index (κ2) is 8.86. The number of carbonyl (C=O) groups excluding carboxylic acids is 1. The molecule has 1 amide bonds. The number of anilines is 2. The highest BCUT2D eigenvalue weighted by molar-refractivity contribution is 7.92. The van der Waals surface area contributed by atoms with Crippen LogP contribution in [0.3, 0.4) is 0 Å². The van der Waals surface area contributed by atoms with E-state index < -0.39 is 22.0 Å². The van der Waals surface area contributed by atoms with Crippen LogP contribution in [0.1, 0.15) is 38.2 Å². The van der Waals surface area contributed by atoms with E-state index in [0.29, 0.717) is 11.4 Å². The molecule has 156 valence electrons. The first-order valence-electron chi connectivity index (χ1n) is 9.88. The van der Waals surface area contributed by atoms with E-state index in [1.165, 1.54) is 12.8 Å². The van der Waals surface area contributed by atoms with E-state index in [2.05, 4.69) is 5.32 Å². The average molecular weight is 417 g/mol. The zero-order valence-corrected chi connectivity index (χ0v) is 17.9. The topological polar surface area (TPSA) is 75.7 Å². The summed E-state index contributed by atoms with van der Waals surface area (Å²) in [5.41, 5.74) is 1.98. The number of carbonyl (C=O) groups is 1. The van der Waals surface area contributed by atoms with E-state index in [1.54, 1.807) is 37.3 Å². The van der Waals surface area contributed by atoms with Gasteiger partial charge in [-0.05, 0) is 81.5 Å². The molecule has 1 N–H and O–H groups in total. The molecule has 3 rings (SSSR count). The Labute approximate surface area is 172 Å². The van der Waals surface area contributed by atoms with Crippen LogP contribution in [0, 0.1) is 6.92 Å². The van der Waals surface area contributed by atoms with Gasteiger partial charge >= 0.3 is 0 Å². The van der Waals surface area contributed by atoms with Crippen LogP contribution >= 0.6 is 0 Å². The Kier molecular flexibility index (Phi) is 6.47. The Morgan fingerprint density at radius 1 is 1.14 bits per heavy atom. The van der Waals surface area contributed by atoms with Crippen molar-refractivity contribution in [3.05, 3.63) is 54.1 Å². The van der Waals surface area contributed by atoms with Gasteiger partial charge in [-0.3, -0.25) is 9.10 Å². The maximum atomic E-state index is 12.8. The summed E-state index contributed by atoms with van der Waals surface area (Å²) >= 11 is 0. The Hall–Kier alpha value is -2.54. The molecule has 1 aliphatic carbocycles. The Bertz CT molecular complexity index is 951. The van der Waals surface area contributed by atoms with Crippen LogP contribution in [-0.2, 0) is 14.8 Å². The summed E-state index contributed by atoms with van der Waals surface area (Å²) in [4.78, 5) is 12.8. The first kappa shape index (κ1) is 21.2. The minimum atomic E-state index is -3.64. The van der Waals surface area contributed by atoms with Crippen molar-refractivity contribution in [2.45, 2.75) is 51.7 Å². The summed E-state index contributed by atoms with van der Waals surface area (Å²) in [7, 11) is -3.64. The summed E-state index contributed by atoms with van der Waals surface area (Å²) in [6.45, 7) is 3.46. The van der Waals surface area contributed by atoms with Crippen molar-refractivity contribution in [2.24, 2.45) is 0 Å². The molecule has 0 heterocycles. The van der Waals surface area contributed by atoms with E-state index in [0.717, 1.165) is 34.7 Å². The number of aryl methyl sites for hydroxylation is 1. The molecule has 0 aliphatic heterocycles. The molecule has 0 saturated heterocycles. The molecule has 1 unspecified atom stereocenters. The molecule has 2 aromatic carbocycles. The molecule has 0 aromatic heterocycles. The lowest BCUT2D eigenvalue weighted by atomic mass is 10.2. The normalized spacial score (nSPS) is 15.7. The van der Waals surface area contributed by atoms with Crippen LogP contribution in [-0.4, -0.2) is 32.7 Å². The SMILES string of the molecule is Cc1cccc(N(C(C)C(=O)Nc2ccc(OC3CCCC3)cc2)S(C)(=O)=O)c1. The van der Waals surface area contributed by atoms with Crippen LogP contribution in [0.2, 0.25) is 0 Å². The highest BCUT2D eigenvalue weighted by Crippen LogP contribution is 2.26. The van der Waals surface area contributed by atoms with Crippen molar-refractivity contribution in [3.8, 4) is 5.75 Å². The number of nitrogens with one attached hydrogen (secondary N) is 1. The smallest absolute Gasteiger partial charge is 0.247 e. The number of rotatable bonds is 7. The molecule has 7 heteroatoms. The second-order valence-electron chi connectivity index (χ2n) is 7.61. The van der Waals surface area contributed by atoms with Gasteiger partial charge in [0.05, 0.1) is 18.0 Å². The molecule has 0 spiro atoms. The lowest BCUT2D eigenvalue weighted by Crippen LogP contribution is -2.45. The van der Waals surface area contributed by atoms with Gasteiger partial charge in [-0.1, -0.05) is 12.1 Å². The summed E-state index contributed by atoms with van der Waals surface area (Å²) in [5.74, 6) is 0.377. The minimum Gasteiger partial charge on any atom is -0.490 e. The van der Waals surface area contributed by atoms with Crippen molar-refractivity contribution in [2.75, 3.05) is 15.9 Å². The number of hydrogen-bond donors (Lipinski definition) is 1. The van der Waals surface area contributed by atoms with Gasteiger partial charge in [0.2, 0.25) is 15.9 Å². The third kappa shape index (κ3) is 5.50. The van der Waals surface area contributed by atoms with E-state index >= 15 is 0 Å². The maximum absolute atomic E-state index is 12.8. The number of nitrogens with zero attached hydrogens (tertiary/aromatic N) is 1. The van der Waals surface area contributed by atoms with Gasteiger partial charge in [-0.25, -0.2) is 8.42 Å². The predicted molar refractivity (Wildman–Crippen MR) is 116 cm³/mol. The van der Waals surface area contributed by atoms with E-state index in [-0.39, 0.29) is 6.10 Å². The first-order chi connectivity index (χ1) is 13.7. The van der Waals surface area contributed by atoms with Gasteiger partial charge in [0.25, 0.3) is 0 Å². The summed E-state index contributed by atoms with van der Waals surface area (Å²) in [6.07, 6.45) is 5.94. The fraction of sp³-hybridized carbons (Fsp3) is 0.409. The van der Waals surface area contributed by atoms with Gasteiger partial charge < -0.3 is 10.1 Å². The van der Waals surface area contributed by atoms with Crippen molar-refractivity contribution in [1.29, 1.82) is 0 Å². The highest BCUT2D eigenvalue weighted by Gasteiger charge is 2.29. The first-order valence-corrected chi connectivity index (χ1v) is 11.7. The quantitative estimate of drug-likeness (QED) is 0.737. The summed E-state index contributed by atoms with van der Waals surface area (Å²) < 4.78 is 31.8. The lowest BCUT2D eigenvalue weighted by Gasteiger charge is -2.28. The Morgan fingerprint density at radius 3 is 2.38 bits per heavy atom. The van der Waals surface area contributed by atoms with Gasteiger partial charge in [0.1, 0.15) is 11.8 Å². The third-order valence-electron chi connectivity index (χ3n) is 5.07. The van der Waals surface area contributed by atoms with Crippen molar-refractivity contribution in [1.82, 2.24) is 0 Å². The minimum absolute atomic E-state index is 0.271. The van der Waals surface area contributed by atoms with Crippen LogP contribution < -0.4 is 14.4 Å². The molecular weight excluding hydrogens is 388 g/mol. The molecule has 1 atom stereocenters. The fourth-order valence-electron chi connectivity index (χ4n) is 3.64. The van der Waals surface area contributed by atoms with Gasteiger partial charge in [-0.15, -0.1) is 0 Å². The standard InChI is InChI=1S/C22H28N2O4S/c1-16-7-6-8-19(15-16)24(29(3,26)27)17(2)22(25)23-18-11-13-21(14-12-18)28-20-9-4-5-10-20/h6-8,11-15,17,20H,4-5,9-10H2,1-3H3,(H,23,25). The number of hydrogen-bond acceptors (Lipinski definition) is 4. The van der Waals surface area contributed by atoms with Crippen LogP contribution in [0.4, 0.5) is 11.4 Å². The summed E-state index contributed by atoms with van der Waals surface area (Å²) in [5, 5.41) is 2.80. The van der Waals surface area contributed by atoms with E-state index in [4.69, 9.17) is 4.74 Å². The van der Waals surface area contributed by atoms with Crippen molar-refractivity contribution in [3.63, 3.8) is 0 Å². The average Bonchev–Trinajstić information content (AvgIpc) is 3.15. The molecule has 0 radical (unpaired) electrons. The van der Waals surface area contributed by atoms with Crippen LogP contribution in [0.15, 0.2) is 48.5 Å². The van der Waals surface area contributed by atoms with Gasteiger partial charge in [-0.2, -0.15) is 0 Å². The van der Waals surface area contributed by atoms with Crippen LogP contribution in [0.5, 0.6) is 5.75 Å². The van der Waals surface area contributed by atoms with E-state index in [1.807, 2.05) is 25.1 Å². The zero-order chi connectivity index (χ0) is 21.0. The van der Waals surface area contributed by atoms with Crippen molar-refractivity contribution >= 4 is 27.3 Å². The number of sulfonamides is 1. The highest BCUT2D eigenvalue weighted by atomic mass is 32.2. The van der Waals surface area contributed by atoms with Crippen molar-refractivity contribution < 1.29 is 17.9 Å². The molecule has 1 saturated carbocycles. The van der Waals surface area contributed by atoms with Crippen LogP contribution in [0.25, 0.3) is 0 Å². The van der Waals surface area contributed by atoms with E-state index in [9.17, 15) is 13.2 Å². The molecule has 1 aliphatic rings. The molecule has 6 nitrogen and oxygen atoms in total. The third-order valence-corrected chi connectivity index (χ3v) is 6.31. The van der Waals surface area contributed by atoms with Gasteiger partial charge in [0, 0.05) is 5.69 Å². The molecular formula is C22H28N2O4S. The molecule has 29 heavy (non-hydrogen) atoms. The second-order valence-corrected chi connectivity index (χ2v) is 9.47. The predicted octanol–water partition coefficient (Wildman–Crippen LogP) is 4.11. The van der Waals surface area contributed by atoms with Gasteiger partial charge in [0.15, 0.2) is 0 Å². The monoisotopic (exact) mass is 416 g/mol. The Balaban J connectivity index is 1.71. The molecule has 0 bridgehead atoms.